The van der Waals surface area contributed by atoms with Gasteiger partial charge in [0.15, 0.2) is 11.6 Å². The molecule has 7 heteroatoms. The summed E-state index contributed by atoms with van der Waals surface area (Å²) >= 11 is 0. The minimum Gasteiger partial charge on any atom is -0.465 e. The van der Waals surface area contributed by atoms with E-state index < -0.39 is 11.8 Å². The first-order chi connectivity index (χ1) is 15.3. The lowest BCUT2D eigenvalue weighted by atomic mass is 9.87. The number of pyridine rings is 1. The van der Waals surface area contributed by atoms with Crippen molar-refractivity contribution >= 4 is 17.6 Å². The standard InChI is InChI=1S/C25H31FN2O4/c1-5-17-11-12-23(27-15-17)32-22-13-19(25(30)31-4)21(14-20(22)26)28(16(2)3)24(29)18-9-7-6-8-10-18/h11-16,18H,5-10H2,1-4H3. The highest BCUT2D eigenvalue weighted by Gasteiger charge is 2.32. The zero-order valence-electron chi connectivity index (χ0n) is 19.2. The zero-order valence-corrected chi connectivity index (χ0v) is 19.2. The van der Waals surface area contributed by atoms with Crippen LogP contribution in [0.3, 0.4) is 0 Å². The smallest absolute Gasteiger partial charge is 0.340 e. The summed E-state index contributed by atoms with van der Waals surface area (Å²) in [6, 6.07) is 5.70. The van der Waals surface area contributed by atoms with Crippen LogP contribution in [0.4, 0.5) is 10.1 Å². The van der Waals surface area contributed by atoms with Crippen LogP contribution in [0.2, 0.25) is 0 Å². The average molecular weight is 443 g/mol. The fourth-order valence-electron chi connectivity index (χ4n) is 4.08. The minimum absolute atomic E-state index is 0.0759. The van der Waals surface area contributed by atoms with Crippen LogP contribution >= 0.6 is 0 Å². The Morgan fingerprint density at radius 3 is 2.47 bits per heavy atom. The Morgan fingerprint density at radius 1 is 1.19 bits per heavy atom. The van der Waals surface area contributed by atoms with Gasteiger partial charge in [0.2, 0.25) is 11.8 Å². The second-order valence-electron chi connectivity index (χ2n) is 8.39. The van der Waals surface area contributed by atoms with Crippen LogP contribution in [-0.4, -0.2) is 30.0 Å². The molecule has 1 aliphatic carbocycles. The third kappa shape index (κ3) is 5.26. The highest BCUT2D eigenvalue weighted by Crippen LogP contribution is 2.35. The van der Waals surface area contributed by atoms with Gasteiger partial charge in [-0.15, -0.1) is 0 Å². The maximum Gasteiger partial charge on any atom is 0.340 e. The van der Waals surface area contributed by atoms with Gasteiger partial charge in [0.1, 0.15) is 0 Å². The zero-order chi connectivity index (χ0) is 23.3. The van der Waals surface area contributed by atoms with Crippen LogP contribution in [0.15, 0.2) is 30.5 Å². The number of carbonyl (C=O) groups excluding carboxylic acids is 2. The summed E-state index contributed by atoms with van der Waals surface area (Å²) in [5, 5.41) is 0. The molecule has 1 fully saturated rings. The first-order valence-electron chi connectivity index (χ1n) is 11.2. The van der Waals surface area contributed by atoms with Crippen molar-refractivity contribution in [1.29, 1.82) is 0 Å². The molecule has 0 spiro atoms. The SMILES string of the molecule is CCc1ccc(Oc2cc(C(=O)OC)c(N(C(=O)C3CCCCC3)C(C)C)cc2F)nc1. The number of aromatic nitrogens is 1. The molecule has 0 radical (unpaired) electrons. The molecule has 0 unspecified atom stereocenters. The van der Waals surface area contributed by atoms with Gasteiger partial charge in [-0.3, -0.25) is 4.79 Å². The number of anilines is 1. The molecule has 1 heterocycles. The maximum atomic E-state index is 15.1. The van der Waals surface area contributed by atoms with Gasteiger partial charge in [-0.2, -0.15) is 0 Å². The second-order valence-corrected chi connectivity index (χ2v) is 8.39. The van der Waals surface area contributed by atoms with E-state index in [1.54, 1.807) is 12.3 Å². The Hall–Kier alpha value is -2.96. The van der Waals surface area contributed by atoms with Crippen LogP contribution in [0.5, 0.6) is 11.6 Å². The molecule has 0 saturated heterocycles. The van der Waals surface area contributed by atoms with E-state index >= 15 is 4.39 Å². The number of hydrogen-bond acceptors (Lipinski definition) is 5. The summed E-state index contributed by atoms with van der Waals surface area (Å²) in [7, 11) is 1.25. The topological polar surface area (TPSA) is 68.7 Å². The van der Waals surface area contributed by atoms with E-state index in [-0.39, 0.29) is 40.7 Å². The molecule has 0 bridgehead atoms. The van der Waals surface area contributed by atoms with Crippen molar-refractivity contribution < 1.29 is 23.5 Å². The highest BCUT2D eigenvalue weighted by atomic mass is 19.1. The molecule has 1 saturated carbocycles. The van der Waals surface area contributed by atoms with Gasteiger partial charge in [-0.05, 0) is 38.7 Å². The first-order valence-corrected chi connectivity index (χ1v) is 11.2. The normalized spacial score (nSPS) is 14.3. The summed E-state index contributed by atoms with van der Waals surface area (Å²) in [6.07, 6.45) is 7.20. The van der Waals surface area contributed by atoms with Gasteiger partial charge in [-0.25, -0.2) is 14.2 Å². The van der Waals surface area contributed by atoms with Gasteiger partial charge in [0, 0.05) is 36.4 Å². The van der Waals surface area contributed by atoms with Crippen molar-refractivity contribution in [1.82, 2.24) is 4.98 Å². The van der Waals surface area contributed by atoms with E-state index in [0.717, 1.165) is 44.1 Å². The van der Waals surface area contributed by atoms with Gasteiger partial charge >= 0.3 is 5.97 Å². The van der Waals surface area contributed by atoms with E-state index in [2.05, 4.69) is 4.98 Å². The third-order valence-electron chi connectivity index (χ3n) is 5.84. The molecule has 0 atom stereocenters. The van der Waals surface area contributed by atoms with Crippen LogP contribution in [0.1, 0.15) is 68.8 Å². The Bertz CT molecular complexity index is 953. The fourth-order valence-corrected chi connectivity index (χ4v) is 4.08. The lowest BCUT2D eigenvalue weighted by Gasteiger charge is -2.33. The molecular formula is C25H31FN2O4. The molecule has 1 aromatic heterocycles. The van der Waals surface area contributed by atoms with Crippen molar-refractivity contribution in [2.75, 3.05) is 12.0 Å². The van der Waals surface area contributed by atoms with Crippen molar-refractivity contribution in [3.8, 4) is 11.6 Å². The molecule has 6 nitrogen and oxygen atoms in total. The predicted octanol–water partition coefficient (Wildman–Crippen LogP) is 5.68. The highest BCUT2D eigenvalue weighted by molar-refractivity contribution is 6.04. The fraction of sp³-hybridized carbons (Fsp3) is 0.480. The van der Waals surface area contributed by atoms with Crippen LogP contribution < -0.4 is 9.64 Å². The molecule has 1 aliphatic rings. The number of methoxy groups -OCH3 is 1. The molecule has 3 rings (SSSR count). The molecule has 0 aliphatic heterocycles. The molecule has 1 aromatic carbocycles. The Labute approximate surface area is 188 Å². The van der Waals surface area contributed by atoms with E-state index in [4.69, 9.17) is 9.47 Å². The monoisotopic (exact) mass is 442 g/mol. The summed E-state index contributed by atoms with van der Waals surface area (Å²) < 4.78 is 25.7. The number of nitrogens with zero attached hydrogens (tertiary/aromatic N) is 2. The van der Waals surface area contributed by atoms with Gasteiger partial charge in [0.25, 0.3) is 0 Å². The van der Waals surface area contributed by atoms with Crippen LogP contribution in [-0.2, 0) is 16.0 Å². The van der Waals surface area contributed by atoms with Crippen molar-refractivity contribution in [3.63, 3.8) is 0 Å². The van der Waals surface area contributed by atoms with Crippen molar-refractivity contribution in [2.45, 2.75) is 65.3 Å². The molecule has 1 amide bonds. The summed E-state index contributed by atoms with van der Waals surface area (Å²) in [4.78, 5) is 31.7. The summed E-state index contributed by atoms with van der Waals surface area (Å²) in [6.45, 7) is 5.71. The molecule has 0 N–H and O–H groups in total. The molecule has 172 valence electrons. The lowest BCUT2D eigenvalue weighted by molar-refractivity contribution is -0.123. The number of carbonyl (C=O) groups is 2. The summed E-state index contributed by atoms with van der Waals surface area (Å²) in [5.74, 6) is -1.51. The van der Waals surface area contributed by atoms with Gasteiger partial charge in [0.05, 0.1) is 18.4 Å². The van der Waals surface area contributed by atoms with Gasteiger partial charge < -0.3 is 14.4 Å². The van der Waals surface area contributed by atoms with Crippen LogP contribution in [0, 0.1) is 11.7 Å². The Morgan fingerprint density at radius 2 is 1.91 bits per heavy atom. The van der Waals surface area contributed by atoms with Gasteiger partial charge in [-0.1, -0.05) is 32.3 Å². The number of ether oxygens (including phenoxy) is 2. The average Bonchev–Trinajstić information content (AvgIpc) is 2.81. The van der Waals surface area contributed by atoms with Crippen LogP contribution in [0.25, 0.3) is 0 Å². The van der Waals surface area contributed by atoms with E-state index in [1.165, 1.54) is 24.1 Å². The summed E-state index contributed by atoms with van der Waals surface area (Å²) in [5.41, 5.74) is 1.30. The molecular weight excluding hydrogens is 411 g/mol. The first kappa shape index (κ1) is 23.7. The lowest BCUT2D eigenvalue weighted by Crippen LogP contribution is -2.42. The minimum atomic E-state index is -0.684. The van der Waals surface area contributed by atoms with E-state index in [0.29, 0.717) is 0 Å². The Kier molecular flexibility index (Phi) is 7.83. The van der Waals surface area contributed by atoms with E-state index in [1.807, 2.05) is 26.8 Å². The van der Waals surface area contributed by atoms with E-state index in [9.17, 15) is 9.59 Å². The quantitative estimate of drug-likeness (QED) is 0.516. The maximum absolute atomic E-state index is 15.1. The number of esters is 1. The Balaban J connectivity index is 2.00. The number of amides is 1. The molecule has 32 heavy (non-hydrogen) atoms. The molecule has 2 aromatic rings. The largest absolute Gasteiger partial charge is 0.465 e. The number of halogens is 1. The number of hydrogen-bond donors (Lipinski definition) is 0. The predicted molar refractivity (Wildman–Crippen MR) is 121 cm³/mol. The van der Waals surface area contributed by atoms with Crippen molar-refractivity contribution in [2.24, 2.45) is 5.92 Å². The second kappa shape index (κ2) is 10.6. The third-order valence-corrected chi connectivity index (χ3v) is 5.84. The number of benzene rings is 1. The van der Waals surface area contributed by atoms with Crippen molar-refractivity contribution in [3.05, 3.63) is 47.4 Å². The number of aryl methyl sites for hydroxylation is 1. The number of rotatable bonds is 7.